The predicted molar refractivity (Wildman–Crippen MR) is 135 cm³/mol. The van der Waals surface area contributed by atoms with Gasteiger partial charge in [0.2, 0.25) is 0 Å². The van der Waals surface area contributed by atoms with E-state index in [1.807, 2.05) is 36.4 Å². The van der Waals surface area contributed by atoms with Gasteiger partial charge in [0.15, 0.2) is 0 Å². The highest BCUT2D eigenvalue weighted by Gasteiger charge is 2.47. The van der Waals surface area contributed by atoms with Gasteiger partial charge in [0.25, 0.3) is 0 Å². The number of para-hydroxylation sites is 1. The number of piperidine rings is 2. The number of hydrogen-bond acceptors (Lipinski definition) is 4. The van der Waals surface area contributed by atoms with Crippen LogP contribution in [0, 0.1) is 5.92 Å². The van der Waals surface area contributed by atoms with E-state index in [2.05, 4.69) is 29.2 Å². The number of carbonyl (C=O) groups excluding carboxylic acids is 1. The highest BCUT2D eigenvalue weighted by Crippen LogP contribution is 2.42. The third-order valence-electron chi connectivity index (χ3n) is 8.36. The lowest BCUT2D eigenvalue weighted by atomic mass is 9.73. The van der Waals surface area contributed by atoms with Crippen molar-refractivity contribution in [1.82, 2.24) is 4.90 Å². The highest BCUT2D eigenvalue weighted by atomic mass is 16.5. The molecule has 6 rings (SSSR count). The average molecular weight is 462 g/mol. The summed E-state index contributed by atoms with van der Waals surface area (Å²) in [4.78, 5) is 16.5. The molecular formula is C30H39NO3. The van der Waals surface area contributed by atoms with Gasteiger partial charge in [0.05, 0.1) is 12.0 Å². The van der Waals surface area contributed by atoms with E-state index in [1.165, 1.54) is 19.3 Å². The fraction of sp³-hybridized carbons (Fsp3) is 0.567. The topological polar surface area (TPSA) is 38.8 Å². The van der Waals surface area contributed by atoms with Crippen molar-refractivity contribution in [3.8, 4) is 5.75 Å². The Hall–Kier alpha value is -2.33. The molecule has 2 saturated heterocycles. The van der Waals surface area contributed by atoms with Gasteiger partial charge in [0, 0.05) is 19.1 Å². The maximum atomic E-state index is 13.9. The minimum absolute atomic E-state index is 0.0267. The van der Waals surface area contributed by atoms with Crippen LogP contribution < -0.4 is 4.74 Å². The van der Waals surface area contributed by atoms with Gasteiger partial charge in [-0.05, 0) is 62.1 Å². The van der Waals surface area contributed by atoms with Crippen molar-refractivity contribution < 1.29 is 14.3 Å². The quantitative estimate of drug-likeness (QED) is 0.269. The maximum Gasteiger partial charge on any atom is 0.316 e. The van der Waals surface area contributed by atoms with Crippen molar-refractivity contribution in [3.05, 3.63) is 66.2 Å². The van der Waals surface area contributed by atoms with E-state index < -0.39 is 5.41 Å². The van der Waals surface area contributed by atoms with Crippen molar-refractivity contribution in [1.29, 1.82) is 0 Å². The van der Waals surface area contributed by atoms with Crippen LogP contribution in [0.1, 0.15) is 69.8 Å². The summed E-state index contributed by atoms with van der Waals surface area (Å²) in [6, 6.07) is 20.8. The number of esters is 1. The highest BCUT2D eigenvalue weighted by molar-refractivity contribution is 5.83. The van der Waals surface area contributed by atoms with Crippen LogP contribution in [0.25, 0.3) is 0 Å². The van der Waals surface area contributed by atoms with Crippen molar-refractivity contribution >= 4 is 5.97 Å². The Kier molecular flexibility index (Phi) is 7.54. The molecule has 0 amide bonds. The van der Waals surface area contributed by atoms with Crippen LogP contribution in [0.3, 0.4) is 0 Å². The molecule has 2 bridgehead atoms. The number of nitrogens with zero attached hydrogens (tertiary/aromatic N) is 1. The smallest absolute Gasteiger partial charge is 0.316 e. The Morgan fingerprint density at radius 2 is 1.62 bits per heavy atom. The maximum absolute atomic E-state index is 13.9. The first-order valence-corrected chi connectivity index (χ1v) is 13.4. The molecule has 4 heteroatoms. The van der Waals surface area contributed by atoms with Gasteiger partial charge in [-0.15, -0.1) is 0 Å². The molecule has 2 aromatic rings. The normalized spacial score (nSPS) is 26.5. The summed E-state index contributed by atoms with van der Waals surface area (Å²) in [5.74, 6) is 1.61. The second kappa shape index (κ2) is 10.9. The Bertz CT molecular complexity index is 907. The van der Waals surface area contributed by atoms with Gasteiger partial charge < -0.3 is 9.47 Å². The average Bonchev–Trinajstić information content (AvgIpc) is 3.15. The molecule has 0 spiro atoms. The molecule has 0 radical (unpaired) electrons. The monoisotopic (exact) mass is 461 g/mol. The van der Waals surface area contributed by atoms with E-state index in [0.717, 1.165) is 76.0 Å². The molecule has 34 heavy (non-hydrogen) atoms. The Labute approximate surface area is 204 Å². The van der Waals surface area contributed by atoms with Crippen LogP contribution in [0.4, 0.5) is 0 Å². The number of hydrogen-bond donors (Lipinski definition) is 0. The van der Waals surface area contributed by atoms with Crippen molar-refractivity contribution in [2.24, 2.45) is 5.92 Å². The van der Waals surface area contributed by atoms with E-state index in [-0.39, 0.29) is 12.1 Å². The summed E-state index contributed by atoms with van der Waals surface area (Å²) >= 11 is 0. The first-order chi connectivity index (χ1) is 16.7. The molecule has 2 saturated carbocycles. The van der Waals surface area contributed by atoms with E-state index in [4.69, 9.17) is 9.47 Å². The molecule has 2 aromatic carbocycles. The van der Waals surface area contributed by atoms with Crippen molar-refractivity contribution in [3.63, 3.8) is 0 Å². The van der Waals surface area contributed by atoms with E-state index in [1.54, 1.807) is 0 Å². The SMILES string of the molecule is O=C(OC1CC2CCC1N(CCCOc1ccccc1)C2)C1(c2ccccc2)CCCCCC1. The Morgan fingerprint density at radius 3 is 2.32 bits per heavy atom. The molecule has 3 atom stereocenters. The second-order valence-electron chi connectivity index (χ2n) is 10.6. The van der Waals surface area contributed by atoms with Crippen LogP contribution in [-0.2, 0) is 14.9 Å². The molecule has 182 valence electrons. The molecule has 0 N–H and O–H groups in total. The minimum Gasteiger partial charge on any atom is -0.494 e. The van der Waals surface area contributed by atoms with Gasteiger partial charge in [-0.3, -0.25) is 9.69 Å². The summed E-state index contributed by atoms with van der Waals surface area (Å²) in [7, 11) is 0. The number of rotatable bonds is 8. The summed E-state index contributed by atoms with van der Waals surface area (Å²) < 4.78 is 12.4. The summed E-state index contributed by atoms with van der Waals surface area (Å²) in [6.07, 6.45) is 10.9. The Balaban J connectivity index is 1.23. The standard InChI is InChI=1S/C30H39NO3/c32-29(30(18-9-1-2-10-19-30)25-12-5-3-6-13-25)34-28-22-24-16-17-27(28)31(23-24)20-11-21-33-26-14-7-4-8-15-26/h3-8,12-15,24,27-28H,1-2,9-11,16-23H2. The molecule has 4 fully saturated rings. The van der Waals surface area contributed by atoms with E-state index >= 15 is 0 Å². The fourth-order valence-electron chi connectivity index (χ4n) is 6.55. The third kappa shape index (κ3) is 5.17. The number of ether oxygens (including phenoxy) is 2. The van der Waals surface area contributed by atoms with Gasteiger partial charge in [-0.2, -0.15) is 0 Å². The van der Waals surface area contributed by atoms with Crippen LogP contribution in [0.2, 0.25) is 0 Å². The van der Waals surface area contributed by atoms with Crippen molar-refractivity contribution in [2.45, 2.75) is 81.8 Å². The fourth-order valence-corrected chi connectivity index (χ4v) is 6.55. The van der Waals surface area contributed by atoms with Crippen LogP contribution >= 0.6 is 0 Å². The minimum atomic E-state index is -0.469. The third-order valence-corrected chi connectivity index (χ3v) is 8.36. The summed E-state index contributed by atoms with van der Waals surface area (Å²) in [5.41, 5.74) is 0.681. The van der Waals surface area contributed by atoms with E-state index in [0.29, 0.717) is 12.0 Å². The van der Waals surface area contributed by atoms with Crippen molar-refractivity contribution in [2.75, 3.05) is 19.7 Å². The lowest BCUT2D eigenvalue weighted by Crippen LogP contribution is -2.58. The zero-order valence-corrected chi connectivity index (χ0v) is 20.4. The van der Waals surface area contributed by atoms with Crippen LogP contribution in [0.15, 0.2) is 60.7 Å². The molecule has 4 nitrogen and oxygen atoms in total. The van der Waals surface area contributed by atoms with Gasteiger partial charge in [-0.1, -0.05) is 74.2 Å². The molecular weight excluding hydrogens is 422 g/mol. The van der Waals surface area contributed by atoms with Gasteiger partial charge >= 0.3 is 5.97 Å². The van der Waals surface area contributed by atoms with Gasteiger partial charge in [0.1, 0.15) is 11.9 Å². The largest absolute Gasteiger partial charge is 0.494 e. The molecule has 2 heterocycles. The molecule has 4 aliphatic rings. The van der Waals surface area contributed by atoms with E-state index in [9.17, 15) is 4.79 Å². The Morgan fingerprint density at radius 1 is 0.912 bits per heavy atom. The summed E-state index contributed by atoms with van der Waals surface area (Å²) in [5, 5.41) is 0. The lowest BCUT2D eigenvalue weighted by Gasteiger charge is -2.50. The van der Waals surface area contributed by atoms with Crippen LogP contribution in [-0.4, -0.2) is 42.7 Å². The number of carbonyl (C=O) groups is 1. The first kappa shape index (κ1) is 23.4. The molecule has 0 aromatic heterocycles. The zero-order chi connectivity index (χ0) is 23.2. The zero-order valence-electron chi connectivity index (χ0n) is 20.4. The summed E-state index contributed by atoms with van der Waals surface area (Å²) in [6.45, 7) is 2.86. The molecule has 2 aliphatic heterocycles. The molecule has 2 aliphatic carbocycles. The van der Waals surface area contributed by atoms with Gasteiger partial charge in [-0.25, -0.2) is 0 Å². The first-order valence-electron chi connectivity index (χ1n) is 13.4. The lowest BCUT2D eigenvalue weighted by molar-refractivity contribution is -0.169. The van der Waals surface area contributed by atoms with Crippen LogP contribution in [0.5, 0.6) is 5.75 Å². The molecule has 3 unspecified atom stereocenters. The number of fused-ring (bicyclic) bond motifs is 3. The predicted octanol–water partition coefficient (Wildman–Crippen LogP) is 6.14. The second-order valence-corrected chi connectivity index (χ2v) is 10.6. The number of benzene rings is 2.